The zero-order valence-electron chi connectivity index (χ0n) is 9.60. The number of carbonyl (C=O) groups is 1. The monoisotopic (exact) mass is 220 g/mol. The van der Waals surface area contributed by atoms with Crippen LogP contribution in [0, 0.1) is 0 Å². The first kappa shape index (κ1) is 11.1. The lowest BCUT2D eigenvalue weighted by Crippen LogP contribution is -2.13. The van der Waals surface area contributed by atoms with E-state index in [4.69, 9.17) is 9.47 Å². The molecule has 1 aliphatic rings. The van der Waals surface area contributed by atoms with E-state index in [-0.39, 0.29) is 18.0 Å². The second-order valence-corrected chi connectivity index (χ2v) is 3.89. The fraction of sp³-hybridized carbons (Fsp3) is 0.462. The number of hydrogen-bond donors (Lipinski definition) is 0. The van der Waals surface area contributed by atoms with E-state index in [0.29, 0.717) is 13.0 Å². The summed E-state index contributed by atoms with van der Waals surface area (Å²) in [5, 5.41) is 0. The van der Waals surface area contributed by atoms with Gasteiger partial charge in [-0.2, -0.15) is 0 Å². The second-order valence-electron chi connectivity index (χ2n) is 3.89. The van der Waals surface area contributed by atoms with Crippen LogP contribution in [0.5, 0.6) is 0 Å². The van der Waals surface area contributed by atoms with E-state index in [1.165, 1.54) is 0 Å². The molecule has 1 aromatic rings. The van der Waals surface area contributed by atoms with E-state index in [1.54, 1.807) is 7.11 Å². The van der Waals surface area contributed by atoms with Crippen molar-refractivity contribution in [1.29, 1.82) is 0 Å². The van der Waals surface area contributed by atoms with Crippen molar-refractivity contribution in [2.24, 2.45) is 0 Å². The van der Waals surface area contributed by atoms with Gasteiger partial charge in [-0.25, -0.2) is 0 Å². The molecular weight excluding hydrogens is 204 g/mol. The van der Waals surface area contributed by atoms with Crippen LogP contribution in [-0.4, -0.2) is 19.7 Å². The number of esters is 1. The van der Waals surface area contributed by atoms with Gasteiger partial charge in [0.1, 0.15) is 0 Å². The van der Waals surface area contributed by atoms with Gasteiger partial charge in [0.15, 0.2) is 0 Å². The number of hydrogen-bond acceptors (Lipinski definition) is 3. The van der Waals surface area contributed by atoms with Crippen molar-refractivity contribution in [3.8, 4) is 0 Å². The van der Waals surface area contributed by atoms with Crippen molar-refractivity contribution < 1.29 is 14.3 Å². The molecule has 16 heavy (non-hydrogen) atoms. The van der Waals surface area contributed by atoms with Gasteiger partial charge in [0.2, 0.25) is 0 Å². The highest BCUT2D eigenvalue weighted by atomic mass is 16.5. The summed E-state index contributed by atoms with van der Waals surface area (Å²) in [5.41, 5.74) is 2.16. The zero-order chi connectivity index (χ0) is 11.5. The molecule has 0 spiro atoms. The van der Waals surface area contributed by atoms with Crippen molar-refractivity contribution in [1.82, 2.24) is 0 Å². The van der Waals surface area contributed by atoms with Gasteiger partial charge in [0.25, 0.3) is 0 Å². The standard InChI is InChI=1S/C13H16O3/c1-3-16-13(14)11-8-12(15-2)10-7-5-4-6-9(10)11/h4-7,11-12H,3,8H2,1-2H3. The Bertz CT molecular complexity index is 387. The van der Waals surface area contributed by atoms with Gasteiger partial charge in [-0.3, -0.25) is 4.79 Å². The van der Waals surface area contributed by atoms with Crippen LogP contribution in [0.4, 0.5) is 0 Å². The van der Waals surface area contributed by atoms with E-state index < -0.39 is 0 Å². The van der Waals surface area contributed by atoms with E-state index >= 15 is 0 Å². The molecule has 0 aliphatic heterocycles. The van der Waals surface area contributed by atoms with Crippen molar-refractivity contribution in [2.45, 2.75) is 25.4 Å². The maximum atomic E-state index is 11.8. The molecule has 2 atom stereocenters. The highest BCUT2D eigenvalue weighted by Gasteiger charge is 2.35. The van der Waals surface area contributed by atoms with Gasteiger partial charge >= 0.3 is 5.97 Å². The lowest BCUT2D eigenvalue weighted by Gasteiger charge is -2.10. The van der Waals surface area contributed by atoms with E-state index in [2.05, 4.69) is 0 Å². The third-order valence-corrected chi connectivity index (χ3v) is 3.02. The normalized spacial score (nSPS) is 22.9. The summed E-state index contributed by atoms with van der Waals surface area (Å²) in [5.74, 6) is -0.310. The van der Waals surface area contributed by atoms with Crippen LogP contribution in [0.2, 0.25) is 0 Å². The van der Waals surface area contributed by atoms with Crippen LogP contribution in [0.1, 0.15) is 36.5 Å². The van der Waals surface area contributed by atoms with Crippen LogP contribution < -0.4 is 0 Å². The molecule has 86 valence electrons. The molecular formula is C13H16O3. The van der Waals surface area contributed by atoms with Gasteiger partial charge in [-0.1, -0.05) is 24.3 Å². The highest BCUT2D eigenvalue weighted by Crippen LogP contribution is 2.42. The Morgan fingerprint density at radius 2 is 2.06 bits per heavy atom. The largest absolute Gasteiger partial charge is 0.466 e. The number of fused-ring (bicyclic) bond motifs is 1. The minimum Gasteiger partial charge on any atom is -0.466 e. The molecule has 0 saturated heterocycles. The maximum Gasteiger partial charge on any atom is 0.313 e. The minimum absolute atomic E-state index is 0.0191. The van der Waals surface area contributed by atoms with Crippen LogP contribution >= 0.6 is 0 Å². The molecule has 0 amide bonds. The Labute approximate surface area is 95.4 Å². The summed E-state index contributed by atoms with van der Waals surface area (Å²) in [6, 6.07) is 7.92. The Morgan fingerprint density at radius 3 is 2.69 bits per heavy atom. The average Bonchev–Trinajstić information content (AvgIpc) is 2.68. The van der Waals surface area contributed by atoms with E-state index in [0.717, 1.165) is 11.1 Å². The Balaban J connectivity index is 2.28. The molecule has 0 radical (unpaired) electrons. The highest BCUT2D eigenvalue weighted by molar-refractivity contribution is 5.80. The summed E-state index contributed by atoms with van der Waals surface area (Å²) >= 11 is 0. The van der Waals surface area contributed by atoms with Gasteiger partial charge < -0.3 is 9.47 Å². The summed E-state index contributed by atoms with van der Waals surface area (Å²) in [7, 11) is 1.68. The molecule has 2 rings (SSSR count). The molecule has 2 unspecified atom stereocenters. The molecule has 1 aromatic carbocycles. The topological polar surface area (TPSA) is 35.5 Å². The van der Waals surface area contributed by atoms with E-state index in [9.17, 15) is 4.79 Å². The van der Waals surface area contributed by atoms with Crippen LogP contribution in [0.25, 0.3) is 0 Å². The quantitative estimate of drug-likeness (QED) is 0.734. The van der Waals surface area contributed by atoms with Crippen LogP contribution in [0.15, 0.2) is 24.3 Å². The number of methoxy groups -OCH3 is 1. The third kappa shape index (κ3) is 1.83. The Kier molecular flexibility index (Phi) is 3.25. The number of carbonyl (C=O) groups excluding carboxylic acids is 1. The SMILES string of the molecule is CCOC(=O)C1CC(OC)c2ccccc21. The number of rotatable bonds is 3. The van der Waals surface area contributed by atoms with Crippen molar-refractivity contribution in [3.63, 3.8) is 0 Å². The number of ether oxygens (including phenoxy) is 2. The van der Waals surface area contributed by atoms with Crippen molar-refractivity contribution in [3.05, 3.63) is 35.4 Å². The van der Waals surface area contributed by atoms with Gasteiger partial charge in [-0.05, 0) is 24.5 Å². The molecule has 3 nitrogen and oxygen atoms in total. The van der Waals surface area contributed by atoms with Gasteiger partial charge in [0, 0.05) is 7.11 Å². The molecule has 0 N–H and O–H groups in total. The smallest absolute Gasteiger partial charge is 0.313 e. The minimum atomic E-state index is -0.166. The average molecular weight is 220 g/mol. The van der Waals surface area contributed by atoms with E-state index in [1.807, 2.05) is 31.2 Å². The molecule has 0 aromatic heterocycles. The van der Waals surface area contributed by atoms with Gasteiger partial charge in [-0.15, -0.1) is 0 Å². The first-order valence-electron chi connectivity index (χ1n) is 5.56. The summed E-state index contributed by atoms with van der Waals surface area (Å²) in [6.07, 6.45) is 0.708. The predicted octanol–water partition coefficient (Wildman–Crippen LogP) is 2.42. The van der Waals surface area contributed by atoms with Gasteiger partial charge in [0.05, 0.1) is 18.6 Å². The number of benzene rings is 1. The second kappa shape index (κ2) is 4.66. The molecule has 1 aliphatic carbocycles. The summed E-state index contributed by atoms with van der Waals surface area (Å²) in [6.45, 7) is 2.25. The predicted molar refractivity (Wildman–Crippen MR) is 60.2 cm³/mol. The molecule has 3 heteroatoms. The molecule has 0 saturated carbocycles. The van der Waals surface area contributed by atoms with Crippen molar-refractivity contribution in [2.75, 3.05) is 13.7 Å². The fourth-order valence-corrected chi connectivity index (χ4v) is 2.28. The third-order valence-electron chi connectivity index (χ3n) is 3.02. The first-order chi connectivity index (χ1) is 7.77. The molecule has 0 fully saturated rings. The zero-order valence-corrected chi connectivity index (χ0v) is 9.60. The Morgan fingerprint density at radius 1 is 1.38 bits per heavy atom. The van der Waals surface area contributed by atoms with Crippen LogP contribution in [-0.2, 0) is 14.3 Å². The summed E-state index contributed by atoms with van der Waals surface area (Å²) < 4.78 is 10.5. The first-order valence-corrected chi connectivity index (χ1v) is 5.56. The van der Waals surface area contributed by atoms with Crippen molar-refractivity contribution >= 4 is 5.97 Å². The fourth-order valence-electron chi connectivity index (χ4n) is 2.28. The Hall–Kier alpha value is -1.35. The van der Waals surface area contributed by atoms with Crippen LogP contribution in [0.3, 0.4) is 0 Å². The lowest BCUT2D eigenvalue weighted by atomic mass is 10.0. The molecule has 0 heterocycles. The molecule has 0 bridgehead atoms. The summed E-state index contributed by atoms with van der Waals surface area (Å²) in [4.78, 5) is 11.8. The maximum absolute atomic E-state index is 11.8. The lowest BCUT2D eigenvalue weighted by molar-refractivity contribution is -0.145.